The van der Waals surface area contributed by atoms with Crippen LogP contribution in [0.2, 0.25) is 5.02 Å². The molecule has 0 unspecified atom stereocenters. The number of halogens is 1. The molecule has 116 valence electrons. The number of hydrogen-bond donors (Lipinski definition) is 2. The van der Waals surface area contributed by atoms with Crippen LogP contribution in [-0.4, -0.2) is 11.1 Å². The van der Waals surface area contributed by atoms with Gasteiger partial charge in [-0.15, -0.1) is 0 Å². The Morgan fingerprint density at radius 1 is 1.17 bits per heavy atom. The molecule has 0 fully saturated rings. The van der Waals surface area contributed by atoms with E-state index < -0.39 is 5.97 Å². The highest BCUT2D eigenvalue weighted by Gasteiger charge is 2.37. The molecule has 0 aromatic heterocycles. The molecule has 1 aliphatic heterocycles. The Kier molecular flexibility index (Phi) is 3.38. The Hall–Kier alpha value is -2.26. The smallest absolute Gasteiger partial charge is 0.335 e. The van der Waals surface area contributed by atoms with Crippen LogP contribution in [0.25, 0.3) is 0 Å². The van der Waals surface area contributed by atoms with Crippen LogP contribution >= 0.6 is 11.6 Å². The number of allylic oxidation sites excluding steroid dienone is 2. The van der Waals surface area contributed by atoms with Gasteiger partial charge in [0.05, 0.1) is 11.6 Å². The molecule has 2 N–H and O–H groups in total. The highest BCUT2D eigenvalue weighted by atomic mass is 35.5. The number of carboxylic acid groups (broad SMARTS) is 1. The second-order valence-electron chi connectivity index (χ2n) is 6.13. The number of anilines is 1. The van der Waals surface area contributed by atoms with E-state index in [9.17, 15) is 4.79 Å². The van der Waals surface area contributed by atoms with E-state index in [1.165, 1.54) is 5.56 Å². The second kappa shape index (κ2) is 5.43. The van der Waals surface area contributed by atoms with Crippen molar-refractivity contribution in [2.45, 2.75) is 18.4 Å². The summed E-state index contributed by atoms with van der Waals surface area (Å²) in [6.07, 6.45) is 5.50. The highest BCUT2D eigenvalue weighted by Crippen LogP contribution is 2.50. The summed E-state index contributed by atoms with van der Waals surface area (Å²) in [6, 6.07) is 13.3. The Morgan fingerprint density at radius 2 is 1.96 bits per heavy atom. The number of carboxylic acids is 1. The van der Waals surface area contributed by atoms with E-state index in [4.69, 9.17) is 16.7 Å². The van der Waals surface area contributed by atoms with Gasteiger partial charge in [-0.05, 0) is 53.8 Å². The molecule has 2 aliphatic rings. The van der Waals surface area contributed by atoms with Crippen molar-refractivity contribution in [1.82, 2.24) is 0 Å². The third-order valence-corrected chi connectivity index (χ3v) is 5.08. The van der Waals surface area contributed by atoms with Crippen molar-refractivity contribution in [1.29, 1.82) is 0 Å². The summed E-state index contributed by atoms with van der Waals surface area (Å²) in [5.41, 5.74) is 3.79. The molecule has 2 aromatic rings. The molecular weight excluding hydrogens is 310 g/mol. The number of benzene rings is 2. The lowest BCUT2D eigenvalue weighted by Crippen LogP contribution is -2.29. The maximum absolute atomic E-state index is 11.0. The van der Waals surface area contributed by atoms with Gasteiger partial charge in [-0.2, -0.15) is 0 Å². The molecular formula is C19H16ClNO2. The number of nitrogens with one attached hydrogen (secondary N) is 1. The first-order chi connectivity index (χ1) is 11.1. The van der Waals surface area contributed by atoms with Gasteiger partial charge in [-0.25, -0.2) is 4.79 Å². The topological polar surface area (TPSA) is 49.3 Å². The molecule has 3 atom stereocenters. The normalized spacial score (nSPS) is 24.7. The average molecular weight is 326 g/mol. The van der Waals surface area contributed by atoms with Crippen LogP contribution in [0.5, 0.6) is 0 Å². The van der Waals surface area contributed by atoms with Gasteiger partial charge in [-0.3, -0.25) is 0 Å². The Morgan fingerprint density at radius 3 is 2.70 bits per heavy atom. The summed E-state index contributed by atoms with van der Waals surface area (Å²) in [4.78, 5) is 11.0. The molecule has 0 saturated heterocycles. The standard InChI is InChI=1S/C19H16ClNO2/c20-13-8-9-17-16(10-13)14-2-1-3-15(14)18(21-17)11-4-6-12(7-5-11)19(22)23/h1-2,4-10,14-15,18,21H,3H2,(H,22,23)/t14-,15+,18+/m0/s1. The maximum atomic E-state index is 11.0. The summed E-state index contributed by atoms with van der Waals surface area (Å²) in [5.74, 6) is -0.112. The highest BCUT2D eigenvalue weighted by molar-refractivity contribution is 6.30. The summed E-state index contributed by atoms with van der Waals surface area (Å²) in [5, 5.41) is 13.4. The van der Waals surface area contributed by atoms with Gasteiger partial charge in [-0.1, -0.05) is 35.9 Å². The first kappa shape index (κ1) is 14.3. The Balaban J connectivity index is 1.73. The fraction of sp³-hybridized carbons (Fsp3) is 0.211. The number of carbonyl (C=O) groups is 1. The van der Waals surface area contributed by atoms with Crippen molar-refractivity contribution in [3.05, 3.63) is 76.3 Å². The predicted molar refractivity (Wildman–Crippen MR) is 91.2 cm³/mol. The minimum atomic E-state index is -0.895. The van der Waals surface area contributed by atoms with E-state index in [0.717, 1.165) is 22.7 Å². The number of hydrogen-bond acceptors (Lipinski definition) is 2. The van der Waals surface area contributed by atoms with Crippen LogP contribution < -0.4 is 5.32 Å². The van der Waals surface area contributed by atoms with Crippen LogP contribution in [-0.2, 0) is 0 Å². The number of rotatable bonds is 2. The minimum Gasteiger partial charge on any atom is -0.478 e. The molecule has 1 heterocycles. The lowest BCUT2D eigenvalue weighted by atomic mass is 9.77. The van der Waals surface area contributed by atoms with E-state index in [1.807, 2.05) is 30.3 Å². The molecule has 23 heavy (non-hydrogen) atoms. The van der Waals surface area contributed by atoms with Crippen molar-refractivity contribution in [2.24, 2.45) is 5.92 Å². The fourth-order valence-electron chi connectivity index (χ4n) is 3.73. The van der Waals surface area contributed by atoms with Crippen LogP contribution in [0.3, 0.4) is 0 Å². The van der Waals surface area contributed by atoms with Gasteiger partial charge in [0.25, 0.3) is 0 Å². The number of fused-ring (bicyclic) bond motifs is 3. The van der Waals surface area contributed by atoms with E-state index in [2.05, 4.69) is 17.5 Å². The van der Waals surface area contributed by atoms with Gasteiger partial charge in [0.2, 0.25) is 0 Å². The van der Waals surface area contributed by atoms with Crippen LogP contribution in [0.15, 0.2) is 54.6 Å². The van der Waals surface area contributed by atoms with Crippen LogP contribution in [0.4, 0.5) is 5.69 Å². The first-order valence-corrected chi connectivity index (χ1v) is 8.07. The third-order valence-electron chi connectivity index (χ3n) is 4.84. The molecule has 1 aliphatic carbocycles. The van der Waals surface area contributed by atoms with Crippen molar-refractivity contribution < 1.29 is 9.90 Å². The largest absolute Gasteiger partial charge is 0.478 e. The predicted octanol–water partition coefficient (Wildman–Crippen LogP) is 4.86. The third kappa shape index (κ3) is 2.41. The van der Waals surface area contributed by atoms with Gasteiger partial charge >= 0.3 is 5.97 Å². The maximum Gasteiger partial charge on any atom is 0.335 e. The monoisotopic (exact) mass is 325 g/mol. The summed E-state index contributed by atoms with van der Waals surface area (Å²) >= 11 is 6.16. The molecule has 0 amide bonds. The first-order valence-electron chi connectivity index (χ1n) is 7.69. The summed E-state index contributed by atoms with van der Waals surface area (Å²) in [7, 11) is 0. The lowest BCUT2D eigenvalue weighted by Gasteiger charge is -2.37. The van der Waals surface area contributed by atoms with Crippen LogP contribution in [0, 0.1) is 5.92 Å². The fourth-order valence-corrected chi connectivity index (χ4v) is 3.91. The van der Waals surface area contributed by atoms with E-state index in [0.29, 0.717) is 17.4 Å². The summed E-state index contributed by atoms with van der Waals surface area (Å²) in [6.45, 7) is 0. The van der Waals surface area contributed by atoms with E-state index >= 15 is 0 Å². The van der Waals surface area contributed by atoms with Gasteiger partial charge in [0.1, 0.15) is 0 Å². The van der Waals surface area contributed by atoms with Crippen molar-refractivity contribution >= 4 is 23.3 Å². The molecule has 0 radical (unpaired) electrons. The zero-order valence-corrected chi connectivity index (χ0v) is 13.1. The molecule has 0 spiro atoms. The SMILES string of the molecule is O=C(O)c1ccc([C@H]2Nc3ccc(Cl)cc3[C@H]3C=CC[C@H]32)cc1. The van der Waals surface area contributed by atoms with E-state index in [1.54, 1.807) is 12.1 Å². The Labute approximate surface area is 139 Å². The van der Waals surface area contributed by atoms with Gasteiger partial charge in [0, 0.05) is 16.6 Å². The van der Waals surface area contributed by atoms with Crippen molar-refractivity contribution in [2.75, 3.05) is 5.32 Å². The van der Waals surface area contributed by atoms with Crippen molar-refractivity contribution in [3.63, 3.8) is 0 Å². The molecule has 0 bridgehead atoms. The Bertz CT molecular complexity index is 798. The van der Waals surface area contributed by atoms with Gasteiger partial charge < -0.3 is 10.4 Å². The molecule has 2 aromatic carbocycles. The zero-order chi connectivity index (χ0) is 16.0. The minimum absolute atomic E-state index is 0.173. The molecule has 4 rings (SSSR count). The zero-order valence-electron chi connectivity index (χ0n) is 12.4. The number of aromatic carboxylic acids is 1. The molecule has 4 heteroatoms. The van der Waals surface area contributed by atoms with Crippen LogP contribution in [0.1, 0.15) is 39.9 Å². The lowest BCUT2D eigenvalue weighted by molar-refractivity contribution is 0.0697. The van der Waals surface area contributed by atoms with E-state index in [-0.39, 0.29) is 6.04 Å². The molecule has 0 saturated carbocycles. The molecule has 3 nitrogen and oxygen atoms in total. The average Bonchev–Trinajstić information content (AvgIpc) is 3.04. The summed E-state index contributed by atoms with van der Waals surface area (Å²) < 4.78 is 0. The van der Waals surface area contributed by atoms with Gasteiger partial charge in [0.15, 0.2) is 0 Å². The second-order valence-corrected chi connectivity index (χ2v) is 6.57. The quantitative estimate of drug-likeness (QED) is 0.775. The van der Waals surface area contributed by atoms with Crippen molar-refractivity contribution in [3.8, 4) is 0 Å².